The Hall–Kier alpha value is -1.51. The van der Waals surface area contributed by atoms with E-state index in [-0.39, 0.29) is 0 Å². The van der Waals surface area contributed by atoms with Crippen molar-refractivity contribution in [2.75, 3.05) is 5.73 Å². The number of hydrogen-bond donors (Lipinski definition) is 1. The van der Waals surface area contributed by atoms with Crippen LogP contribution in [0.3, 0.4) is 0 Å². The van der Waals surface area contributed by atoms with Gasteiger partial charge in [-0.2, -0.15) is 0 Å². The summed E-state index contributed by atoms with van der Waals surface area (Å²) in [5.74, 6) is 0.635. The third-order valence-corrected chi connectivity index (χ3v) is 2.64. The van der Waals surface area contributed by atoms with Crippen molar-refractivity contribution in [1.29, 1.82) is 0 Å². The molecule has 0 aromatic carbocycles. The van der Waals surface area contributed by atoms with Gasteiger partial charge in [-0.15, -0.1) is 0 Å². The summed E-state index contributed by atoms with van der Waals surface area (Å²) in [7, 11) is 0. The van der Waals surface area contributed by atoms with E-state index < -0.39 is 0 Å². The van der Waals surface area contributed by atoms with Gasteiger partial charge in [0.05, 0.1) is 5.52 Å². The van der Waals surface area contributed by atoms with Crippen molar-refractivity contribution in [3.8, 4) is 0 Å². The van der Waals surface area contributed by atoms with Crippen LogP contribution in [-0.2, 0) is 6.54 Å². The first-order valence-corrected chi connectivity index (χ1v) is 4.85. The maximum atomic E-state index is 5.87. The molecule has 0 atom stereocenters. The minimum Gasteiger partial charge on any atom is -0.383 e. The quantitative estimate of drug-likeness (QED) is 0.747. The normalized spacial score (nSPS) is 11.1. The Bertz CT molecular complexity index is 483. The molecule has 0 radical (unpaired) electrons. The van der Waals surface area contributed by atoms with E-state index in [1.165, 1.54) is 16.6 Å². The highest BCUT2D eigenvalue weighted by Gasteiger charge is 2.10. The summed E-state index contributed by atoms with van der Waals surface area (Å²) in [6.07, 6.45) is 3.97. The van der Waals surface area contributed by atoms with Gasteiger partial charge in [-0.25, -0.2) is 4.98 Å². The lowest BCUT2D eigenvalue weighted by molar-refractivity contribution is 0.793. The zero-order valence-corrected chi connectivity index (χ0v) is 8.83. The smallest absolute Gasteiger partial charge is 0.133 e. The van der Waals surface area contributed by atoms with E-state index in [2.05, 4.69) is 36.5 Å². The zero-order chi connectivity index (χ0) is 10.3. The Balaban J connectivity index is 2.94. The molecule has 0 amide bonds. The molecule has 2 aromatic heterocycles. The number of hydrogen-bond acceptors (Lipinski definition) is 2. The second-order valence-corrected chi connectivity index (χ2v) is 3.65. The minimum atomic E-state index is 0.635. The number of rotatable bonds is 1. The minimum absolute atomic E-state index is 0.635. The predicted octanol–water partition coefficient (Wildman–Crippen LogP) is 2.26. The highest BCUT2D eigenvalue weighted by atomic mass is 15.0. The first-order valence-electron chi connectivity index (χ1n) is 4.85. The number of anilines is 1. The molecule has 0 aliphatic rings. The highest BCUT2D eigenvalue weighted by Crippen LogP contribution is 2.27. The van der Waals surface area contributed by atoms with Crippen molar-refractivity contribution in [1.82, 2.24) is 9.55 Å². The number of nitrogen functional groups attached to an aromatic ring is 1. The average Bonchev–Trinajstić information content (AvgIpc) is 2.50. The molecule has 3 heteroatoms. The summed E-state index contributed by atoms with van der Waals surface area (Å²) in [5, 5.41) is 1.10. The molecular formula is C11H15N3. The second-order valence-electron chi connectivity index (χ2n) is 3.65. The van der Waals surface area contributed by atoms with Gasteiger partial charge in [0.2, 0.25) is 0 Å². The maximum Gasteiger partial charge on any atom is 0.133 e. The Kier molecular flexibility index (Phi) is 1.95. The molecule has 0 aliphatic carbocycles. The van der Waals surface area contributed by atoms with Crippen LogP contribution in [0.1, 0.15) is 18.1 Å². The molecule has 0 unspecified atom stereocenters. The van der Waals surface area contributed by atoms with Crippen LogP contribution >= 0.6 is 0 Å². The fourth-order valence-corrected chi connectivity index (χ4v) is 1.98. The molecule has 14 heavy (non-hydrogen) atoms. The third kappa shape index (κ3) is 1.09. The highest BCUT2D eigenvalue weighted by molar-refractivity contribution is 5.94. The Morgan fingerprint density at radius 2 is 2.07 bits per heavy atom. The van der Waals surface area contributed by atoms with E-state index >= 15 is 0 Å². The topological polar surface area (TPSA) is 43.8 Å². The molecule has 0 bridgehead atoms. The molecule has 2 aromatic rings. The SMILES string of the molecule is CCn1cc(C)c2c(N)ncc(C)c21. The third-order valence-electron chi connectivity index (χ3n) is 2.64. The number of aromatic nitrogens is 2. The van der Waals surface area contributed by atoms with Crippen LogP contribution in [0.4, 0.5) is 5.82 Å². The standard InChI is InChI=1S/C11H15N3/c1-4-14-6-8(3)9-10(14)7(2)5-13-11(9)12/h5-6H,4H2,1-3H3,(H2,12,13). The van der Waals surface area contributed by atoms with E-state index in [0.717, 1.165) is 11.9 Å². The van der Waals surface area contributed by atoms with E-state index in [1.807, 2.05) is 6.20 Å². The number of nitrogens with two attached hydrogens (primary N) is 1. The largest absolute Gasteiger partial charge is 0.383 e. The number of aryl methyl sites for hydroxylation is 3. The summed E-state index contributed by atoms with van der Waals surface area (Å²) >= 11 is 0. The molecule has 2 heterocycles. The second kappa shape index (κ2) is 3.01. The van der Waals surface area contributed by atoms with Crippen molar-refractivity contribution >= 4 is 16.7 Å². The summed E-state index contributed by atoms with van der Waals surface area (Å²) in [5.41, 5.74) is 9.48. The van der Waals surface area contributed by atoms with Crippen molar-refractivity contribution < 1.29 is 0 Å². The fourth-order valence-electron chi connectivity index (χ4n) is 1.98. The lowest BCUT2D eigenvalue weighted by Crippen LogP contribution is -1.96. The van der Waals surface area contributed by atoms with Crippen molar-refractivity contribution in [3.63, 3.8) is 0 Å². The molecular weight excluding hydrogens is 174 g/mol. The van der Waals surface area contributed by atoms with Crippen LogP contribution < -0.4 is 5.73 Å². The summed E-state index contributed by atoms with van der Waals surface area (Å²) in [6.45, 7) is 7.25. The van der Waals surface area contributed by atoms with E-state index in [9.17, 15) is 0 Å². The van der Waals surface area contributed by atoms with Crippen molar-refractivity contribution in [3.05, 3.63) is 23.5 Å². The van der Waals surface area contributed by atoms with Gasteiger partial charge in [0.15, 0.2) is 0 Å². The van der Waals surface area contributed by atoms with Crippen LogP contribution in [0.5, 0.6) is 0 Å². The Morgan fingerprint density at radius 1 is 1.36 bits per heavy atom. The van der Waals surface area contributed by atoms with Gasteiger partial charge in [0.1, 0.15) is 5.82 Å². The number of pyridine rings is 1. The maximum absolute atomic E-state index is 5.87. The molecule has 74 valence electrons. The molecule has 0 spiro atoms. The van der Waals surface area contributed by atoms with Gasteiger partial charge < -0.3 is 10.3 Å². The number of nitrogens with zero attached hydrogens (tertiary/aromatic N) is 2. The van der Waals surface area contributed by atoms with Crippen LogP contribution in [-0.4, -0.2) is 9.55 Å². The van der Waals surface area contributed by atoms with Crippen LogP contribution in [0.25, 0.3) is 10.9 Å². The first-order chi connectivity index (χ1) is 6.65. The predicted molar refractivity (Wildman–Crippen MR) is 59.3 cm³/mol. The molecule has 2 rings (SSSR count). The van der Waals surface area contributed by atoms with Crippen LogP contribution in [0, 0.1) is 13.8 Å². The molecule has 0 saturated carbocycles. The molecule has 0 fully saturated rings. The van der Waals surface area contributed by atoms with Gasteiger partial charge in [0.25, 0.3) is 0 Å². The monoisotopic (exact) mass is 189 g/mol. The van der Waals surface area contributed by atoms with Gasteiger partial charge in [0, 0.05) is 24.3 Å². The summed E-state index contributed by atoms with van der Waals surface area (Å²) in [6, 6.07) is 0. The van der Waals surface area contributed by atoms with Crippen LogP contribution in [0.2, 0.25) is 0 Å². The molecule has 2 N–H and O–H groups in total. The lowest BCUT2D eigenvalue weighted by atomic mass is 10.2. The summed E-state index contributed by atoms with van der Waals surface area (Å²) < 4.78 is 2.22. The summed E-state index contributed by atoms with van der Waals surface area (Å²) in [4.78, 5) is 4.18. The van der Waals surface area contributed by atoms with Gasteiger partial charge >= 0.3 is 0 Å². The molecule has 0 aliphatic heterocycles. The zero-order valence-electron chi connectivity index (χ0n) is 8.83. The van der Waals surface area contributed by atoms with Gasteiger partial charge in [-0.05, 0) is 31.9 Å². The van der Waals surface area contributed by atoms with Crippen molar-refractivity contribution in [2.24, 2.45) is 0 Å². The van der Waals surface area contributed by atoms with Crippen LogP contribution in [0.15, 0.2) is 12.4 Å². The first kappa shape index (κ1) is 9.06. The van der Waals surface area contributed by atoms with E-state index in [1.54, 1.807) is 0 Å². The Morgan fingerprint density at radius 3 is 2.71 bits per heavy atom. The van der Waals surface area contributed by atoms with Crippen molar-refractivity contribution in [2.45, 2.75) is 27.3 Å². The molecule has 0 saturated heterocycles. The average molecular weight is 189 g/mol. The van der Waals surface area contributed by atoms with E-state index in [4.69, 9.17) is 5.73 Å². The molecule has 3 nitrogen and oxygen atoms in total. The lowest BCUT2D eigenvalue weighted by Gasteiger charge is -2.04. The Labute approximate surface area is 83.6 Å². The van der Waals surface area contributed by atoms with Gasteiger partial charge in [-0.3, -0.25) is 0 Å². The van der Waals surface area contributed by atoms with Gasteiger partial charge in [-0.1, -0.05) is 0 Å². The van der Waals surface area contributed by atoms with E-state index in [0.29, 0.717) is 5.82 Å². The fraction of sp³-hybridized carbons (Fsp3) is 0.364. The number of fused-ring (bicyclic) bond motifs is 1.